The van der Waals surface area contributed by atoms with Crippen molar-refractivity contribution in [3.05, 3.63) is 29.8 Å². The molecule has 1 aliphatic heterocycles. The number of thioether (sulfide) groups is 1. The topological polar surface area (TPSA) is 46.3 Å². The lowest BCUT2D eigenvalue weighted by molar-refractivity contribution is 0.0705. The van der Waals surface area contributed by atoms with Gasteiger partial charge in [-0.1, -0.05) is 12.1 Å². The third kappa shape index (κ3) is 3.40. The van der Waals surface area contributed by atoms with Crippen LogP contribution in [-0.4, -0.2) is 36.2 Å². The number of nitrogens with two attached hydrogens (primary N) is 1. The normalized spacial score (nSPS) is 19.2. The first-order valence-electron chi connectivity index (χ1n) is 5.90. The molecular weight excluding hydrogens is 268 g/mol. The van der Waals surface area contributed by atoms with Gasteiger partial charge in [0.15, 0.2) is 0 Å². The predicted molar refractivity (Wildman–Crippen MR) is 78.6 cm³/mol. The van der Waals surface area contributed by atoms with Crippen molar-refractivity contribution in [2.75, 3.05) is 19.3 Å². The number of hydrogen-bond donors (Lipinski definition) is 1. The molecule has 18 heavy (non-hydrogen) atoms. The highest BCUT2D eigenvalue weighted by atomic mass is 35.5. The van der Waals surface area contributed by atoms with Crippen molar-refractivity contribution in [1.29, 1.82) is 0 Å². The Kier molecular flexibility index (Phi) is 5.99. The summed E-state index contributed by atoms with van der Waals surface area (Å²) in [7, 11) is 0. The van der Waals surface area contributed by atoms with E-state index in [4.69, 9.17) is 5.73 Å². The summed E-state index contributed by atoms with van der Waals surface area (Å²) in [6.45, 7) is 1.51. The van der Waals surface area contributed by atoms with Crippen LogP contribution in [-0.2, 0) is 0 Å². The zero-order valence-electron chi connectivity index (χ0n) is 10.5. The van der Waals surface area contributed by atoms with E-state index in [1.807, 2.05) is 35.4 Å². The molecule has 2 rings (SSSR count). The zero-order valence-corrected chi connectivity index (χ0v) is 12.1. The molecule has 1 amide bonds. The smallest absolute Gasteiger partial charge is 0.255 e. The standard InChI is InChI=1S/C13H18N2OS.ClH/c1-17-12-7-3-2-6-11(12)13(16)15-8-4-5-10(14)9-15;/h2-3,6-7,10H,4-5,8-9,14H2,1H3;1H/t10-;/m1./s1. The molecule has 1 saturated heterocycles. The second-order valence-corrected chi connectivity index (χ2v) is 5.20. The molecule has 0 saturated carbocycles. The van der Waals surface area contributed by atoms with Crippen molar-refractivity contribution in [2.45, 2.75) is 23.8 Å². The molecule has 0 aliphatic carbocycles. The maximum atomic E-state index is 12.4. The summed E-state index contributed by atoms with van der Waals surface area (Å²) >= 11 is 1.61. The molecule has 0 spiro atoms. The lowest BCUT2D eigenvalue weighted by Crippen LogP contribution is -2.45. The molecule has 3 nitrogen and oxygen atoms in total. The van der Waals surface area contributed by atoms with Crippen molar-refractivity contribution < 1.29 is 4.79 Å². The number of benzene rings is 1. The Morgan fingerprint density at radius 2 is 2.17 bits per heavy atom. The van der Waals surface area contributed by atoms with Crippen LogP contribution < -0.4 is 5.73 Å². The van der Waals surface area contributed by atoms with Crippen LogP contribution in [0.4, 0.5) is 0 Å². The summed E-state index contributed by atoms with van der Waals surface area (Å²) in [5.41, 5.74) is 6.71. The first-order valence-corrected chi connectivity index (χ1v) is 7.12. The number of halogens is 1. The van der Waals surface area contributed by atoms with E-state index >= 15 is 0 Å². The van der Waals surface area contributed by atoms with Gasteiger partial charge in [0.1, 0.15) is 0 Å². The Morgan fingerprint density at radius 3 is 2.83 bits per heavy atom. The Balaban J connectivity index is 0.00000162. The molecule has 0 unspecified atom stereocenters. The van der Waals surface area contributed by atoms with Crippen molar-refractivity contribution in [2.24, 2.45) is 5.73 Å². The third-order valence-corrected chi connectivity index (χ3v) is 3.88. The second-order valence-electron chi connectivity index (χ2n) is 4.35. The van der Waals surface area contributed by atoms with Gasteiger partial charge in [-0.25, -0.2) is 0 Å². The van der Waals surface area contributed by atoms with Crippen LogP contribution in [0, 0.1) is 0 Å². The summed E-state index contributed by atoms with van der Waals surface area (Å²) in [5, 5.41) is 0. The van der Waals surface area contributed by atoms with Gasteiger partial charge in [0, 0.05) is 24.0 Å². The van der Waals surface area contributed by atoms with Gasteiger partial charge in [-0.15, -0.1) is 24.2 Å². The number of nitrogens with zero attached hydrogens (tertiary/aromatic N) is 1. The minimum atomic E-state index is 0. The van der Waals surface area contributed by atoms with Crippen molar-refractivity contribution in [3.8, 4) is 0 Å². The lowest BCUT2D eigenvalue weighted by atomic mass is 10.1. The monoisotopic (exact) mass is 286 g/mol. The molecule has 1 aromatic rings. The highest BCUT2D eigenvalue weighted by molar-refractivity contribution is 7.98. The van der Waals surface area contributed by atoms with Crippen molar-refractivity contribution >= 4 is 30.1 Å². The number of carbonyl (C=O) groups is 1. The summed E-state index contributed by atoms with van der Waals surface area (Å²) in [6.07, 6.45) is 4.02. The highest BCUT2D eigenvalue weighted by Crippen LogP contribution is 2.22. The fraction of sp³-hybridized carbons (Fsp3) is 0.462. The molecule has 1 atom stereocenters. The molecule has 2 N–H and O–H groups in total. The molecule has 0 bridgehead atoms. The predicted octanol–water partition coefficient (Wildman–Crippen LogP) is 2.39. The maximum Gasteiger partial charge on any atom is 0.255 e. The van der Waals surface area contributed by atoms with Gasteiger partial charge < -0.3 is 10.6 Å². The van der Waals surface area contributed by atoms with Crippen molar-refractivity contribution in [3.63, 3.8) is 0 Å². The fourth-order valence-corrected chi connectivity index (χ4v) is 2.78. The molecule has 5 heteroatoms. The van der Waals surface area contributed by atoms with Crippen LogP contribution >= 0.6 is 24.2 Å². The number of carbonyl (C=O) groups excluding carboxylic acids is 1. The summed E-state index contributed by atoms with van der Waals surface area (Å²) in [6, 6.07) is 7.89. The summed E-state index contributed by atoms with van der Waals surface area (Å²) in [4.78, 5) is 15.3. The van der Waals surface area contributed by atoms with E-state index in [0.717, 1.165) is 29.8 Å². The van der Waals surface area contributed by atoms with Gasteiger partial charge in [-0.3, -0.25) is 4.79 Å². The van der Waals surface area contributed by atoms with Crippen LogP contribution in [0.5, 0.6) is 0 Å². The molecule has 1 aromatic carbocycles. The van der Waals surface area contributed by atoms with E-state index < -0.39 is 0 Å². The quantitative estimate of drug-likeness (QED) is 0.849. The van der Waals surface area contributed by atoms with Gasteiger partial charge in [-0.05, 0) is 31.2 Å². The summed E-state index contributed by atoms with van der Waals surface area (Å²) < 4.78 is 0. The SMILES string of the molecule is CSc1ccccc1C(=O)N1CCC[C@@H](N)C1.Cl. The van der Waals surface area contributed by atoms with E-state index in [2.05, 4.69) is 0 Å². The minimum absolute atomic E-state index is 0. The minimum Gasteiger partial charge on any atom is -0.337 e. The molecule has 100 valence electrons. The van der Waals surface area contributed by atoms with E-state index in [1.54, 1.807) is 11.8 Å². The summed E-state index contributed by atoms with van der Waals surface area (Å²) in [5.74, 6) is 0.116. The van der Waals surface area contributed by atoms with Crippen LogP contribution in [0.25, 0.3) is 0 Å². The molecule has 0 aromatic heterocycles. The van der Waals surface area contributed by atoms with Gasteiger partial charge >= 0.3 is 0 Å². The van der Waals surface area contributed by atoms with Gasteiger partial charge in [0.2, 0.25) is 0 Å². The van der Waals surface area contributed by atoms with E-state index in [0.29, 0.717) is 6.54 Å². The molecule has 1 aliphatic rings. The highest BCUT2D eigenvalue weighted by Gasteiger charge is 2.23. The average molecular weight is 287 g/mol. The number of piperidine rings is 1. The van der Waals surface area contributed by atoms with E-state index in [9.17, 15) is 4.79 Å². The van der Waals surface area contributed by atoms with E-state index in [-0.39, 0.29) is 24.4 Å². The average Bonchev–Trinajstić information content (AvgIpc) is 2.38. The largest absolute Gasteiger partial charge is 0.337 e. The lowest BCUT2D eigenvalue weighted by Gasteiger charge is -2.31. The van der Waals surface area contributed by atoms with Gasteiger partial charge in [0.25, 0.3) is 5.91 Å². The number of hydrogen-bond acceptors (Lipinski definition) is 3. The first kappa shape index (κ1) is 15.3. The van der Waals surface area contributed by atoms with Gasteiger partial charge in [0.05, 0.1) is 5.56 Å². The third-order valence-electron chi connectivity index (χ3n) is 3.08. The second kappa shape index (κ2) is 7.02. The van der Waals surface area contributed by atoms with Crippen molar-refractivity contribution in [1.82, 2.24) is 4.90 Å². The number of amides is 1. The molecule has 0 radical (unpaired) electrons. The number of rotatable bonds is 2. The van der Waals surface area contributed by atoms with Crippen LogP contribution in [0.15, 0.2) is 29.2 Å². The van der Waals surface area contributed by atoms with Crippen LogP contribution in [0.2, 0.25) is 0 Å². The molecular formula is C13H19ClN2OS. The zero-order chi connectivity index (χ0) is 12.3. The maximum absolute atomic E-state index is 12.4. The Hall–Kier alpha value is -0.710. The first-order chi connectivity index (χ1) is 8.22. The molecule has 1 fully saturated rings. The van der Waals surface area contributed by atoms with Crippen LogP contribution in [0.3, 0.4) is 0 Å². The Labute approximate surface area is 119 Å². The van der Waals surface area contributed by atoms with Crippen LogP contribution in [0.1, 0.15) is 23.2 Å². The Morgan fingerprint density at radius 1 is 1.44 bits per heavy atom. The van der Waals surface area contributed by atoms with Gasteiger partial charge in [-0.2, -0.15) is 0 Å². The van der Waals surface area contributed by atoms with E-state index in [1.165, 1.54) is 0 Å². The number of likely N-dealkylation sites (tertiary alicyclic amines) is 1. The fourth-order valence-electron chi connectivity index (χ4n) is 2.19. The molecule has 1 heterocycles. The Bertz CT molecular complexity index is 414.